The van der Waals surface area contributed by atoms with Gasteiger partial charge in [0.05, 0.1) is 0 Å². The summed E-state index contributed by atoms with van der Waals surface area (Å²) in [6, 6.07) is 26.2. The molecule has 3 aromatic rings. The van der Waals surface area contributed by atoms with Crippen LogP contribution in [0.4, 0.5) is 0 Å². The van der Waals surface area contributed by atoms with E-state index < -0.39 is 0 Å². The highest BCUT2D eigenvalue weighted by Crippen LogP contribution is 2.29. The Morgan fingerprint density at radius 1 is 0.636 bits per heavy atom. The second-order valence-electron chi connectivity index (χ2n) is 6.17. The predicted octanol–water partition coefficient (Wildman–Crippen LogP) is 6.45. The van der Waals surface area contributed by atoms with Gasteiger partial charge in [-0.15, -0.1) is 0 Å². The number of rotatable bonds is 3. The van der Waals surface area contributed by atoms with Gasteiger partial charge in [-0.3, -0.25) is 0 Å². The number of aryl methyl sites for hydroxylation is 1. The molecule has 0 saturated carbocycles. The molecule has 3 aromatic carbocycles. The first-order valence-electron chi connectivity index (χ1n) is 7.91. The van der Waals surface area contributed by atoms with E-state index in [4.69, 9.17) is 0 Å². The summed E-state index contributed by atoms with van der Waals surface area (Å²) < 4.78 is 0. The SMILES string of the molecule is Cc1cc(-c2ccccc2)ccc1-c1ccc(C(C)C)cc1. The van der Waals surface area contributed by atoms with Crippen LogP contribution < -0.4 is 0 Å². The molecular weight excluding hydrogens is 264 g/mol. The molecule has 0 heteroatoms. The van der Waals surface area contributed by atoms with Crippen LogP contribution in [0.1, 0.15) is 30.9 Å². The molecule has 0 radical (unpaired) electrons. The summed E-state index contributed by atoms with van der Waals surface area (Å²) in [4.78, 5) is 0. The summed E-state index contributed by atoms with van der Waals surface area (Å²) in [5.41, 5.74) is 7.87. The van der Waals surface area contributed by atoms with E-state index in [0.29, 0.717) is 5.92 Å². The topological polar surface area (TPSA) is 0 Å². The highest BCUT2D eigenvalue weighted by molar-refractivity contribution is 5.73. The van der Waals surface area contributed by atoms with Crippen LogP contribution in [-0.2, 0) is 0 Å². The monoisotopic (exact) mass is 286 g/mol. The van der Waals surface area contributed by atoms with E-state index in [1.54, 1.807) is 0 Å². The molecule has 0 saturated heterocycles. The van der Waals surface area contributed by atoms with Crippen LogP contribution in [0, 0.1) is 6.92 Å². The normalized spacial score (nSPS) is 10.9. The fourth-order valence-electron chi connectivity index (χ4n) is 2.85. The van der Waals surface area contributed by atoms with Gasteiger partial charge in [0.15, 0.2) is 0 Å². The van der Waals surface area contributed by atoms with E-state index in [9.17, 15) is 0 Å². The van der Waals surface area contributed by atoms with Crippen LogP contribution >= 0.6 is 0 Å². The molecule has 0 spiro atoms. The zero-order valence-corrected chi connectivity index (χ0v) is 13.5. The Balaban J connectivity index is 1.95. The Kier molecular flexibility index (Phi) is 4.11. The molecule has 0 fully saturated rings. The first-order valence-corrected chi connectivity index (χ1v) is 7.91. The lowest BCUT2D eigenvalue weighted by Crippen LogP contribution is -1.89. The fourth-order valence-corrected chi connectivity index (χ4v) is 2.85. The summed E-state index contributed by atoms with van der Waals surface area (Å²) in [6.07, 6.45) is 0. The molecule has 0 aliphatic carbocycles. The smallest absolute Gasteiger partial charge is 0.0154 e. The molecule has 0 atom stereocenters. The first-order chi connectivity index (χ1) is 10.6. The Bertz CT molecular complexity index is 750. The van der Waals surface area contributed by atoms with Crippen molar-refractivity contribution in [1.29, 1.82) is 0 Å². The minimum Gasteiger partial charge on any atom is -0.0622 e. The van der Waals surface area contributed by atoms with Crippen LogP contribution in [0.15, 0.2) is 72.8 Å². The van der Waals surface area contributed by atoms with E-state index in [1.807, 2.05) is 0 Å². The van der Waals surface area contributed by atoms with Crippen LogP contribution in [-0.4, -0.2) is 0 Å². The van der Waals surface area contributed by atoms with E-state index >= 15 is 0 Å². The maximum atomic E-state index is 2.28. The van der Waals surface area contributed by atoms with Crippen molar-refractivity contribution in [2.45, 2.75) is 26.7 Å². The van der Waals surface area contributed by atoms with Crippen molar-refractivity contribution in [3.8, 4) is 22.3 Å². The Labute approximate surface area is 133 Å². The van der Waals surface area contributed by atoms with Gasteiger partial charge >= 0.3 is 0 Å². The van der Waals surface area contributed by atoms with Gasteiger partial charge in [-0.1, -0.05) is 86.6 Å². The lowest BCUT2D eigenvalue weighted by Gasteiger charge is -2.11. The van der Waals surface area contributed by atoms with Crippen LogP contribution in [0.3, 0.4) is 0 Å². The maximum Gasteiger partial charge on any atom is -0.0154 e. The van der Waals surface area contributed by atoms with Crippen molar-refractivity contribution in [1.82, 2.24) is 0 Å². The molecule has 3 rings (SSSR count). The van der Waals surface area contributed by atoms with Gasteiger partial charge in [0.1, 0.15) is 0 Å². The third kappa shape index (κ3) is 2.96. The van der Waals surface area contributed by atoms with Crippen LogP contribution in [0.25, 0.3) is 22.3 Å². The summed E-state index contributed by atoms with van der Waals surface area (Å²) >= 11 is 0. The van der Waals surface area contributed by atoms with Crippen molar-refractivity contribution >= 4 is 0 Å². The molecule has 0 aliphatic rings. The highest BCUT2D eigenvalue weighted by Gasteiger charge is 2.05. The van der Waals surface area contributed by atoms with Gasteiger partial charge in [0.2, 0.25) is 0 Å². The molecule has 110 valence electrons. The van der Waals surface area contributed by atoms with Crippen LogP contribution in [0.5, 0.6) is 0 Å². The van der Waals surface area contributed by atoms with Gasteiger partial charge in [-0.25, -0.2) is 0 Å². The predicted molar refractivity (Wildman–Crippen MR) is 96.1 cm³/mol. The summed E-state index contributed by atoms with van der Waals surface area (Å²) in [7, 11) is 0. The molecule has 0 aromatic heterocycles. The van der Waals surface area contributed by atoms with Gasteiger partial charge in [-0.2, -0.15) is 0 Å². The molecule has 0 N–H and O–H groups in total. The van der Waals surface area contributed by atoms with E-state index in [2.05, 4.69) is 93.6 Å². The van der Waals surface area contributed by atoms with Gasteiger partial charge in [-0.05, 0) is 46.2 Å². The fraction of sp³-hybridized carbons (Fsp3) is 0.182. The molecule has 0 heterocycles. The highest BCUT2D eigenvalue weighted by atomic mass is 14.1. The molecular formula is C22H22. The van der Waals surface area contributed by atoms with Crippen molar-refractivity contribution in [2.75, 3.05) is 0 Å². The Morgan fingerprint density at radius 3 is 1.86 bits per heavy atom. The van der Waals surface area contributed by atoms with E-state index in [1.165, 1.54) is 33.4 Å². The maximum absolute atomic E-state index is 2.28. The largest absolute Gasteiger partial charge is 0.0622 e. The summed E-state index contributed by atoms with van der Waals surface area (Å²) in [6.45, 7) is 6.65. The average molecular weight is 286 g/mol. The first kappa shape index (κ1) is 14.6. The molecule has 22 heavy (non-hydrogen) atoms. The van der Waals surface area contributed by atoms with E-state index in [0.717, 1.165) is 0 Å². The zero-order valence-electron chi connectivity index (χ0n) is 13.5. The second-order valence-corrected chi connectivity index (χ2v) is 6.17. The molecule has 0 aliphatic heterocycles. The van der Waals surface area contributed by atoms with Crippen molar-refractivity contribution in [3.63, 3.8) is 0 Å². The number of hydrogen-bond donors (Lipinski definition) is 0. The standard InChI is InChI=1S/C22H22/c1-16(2)18-9-11-20(12-10-18)22-14-13-21(15-17(22)3)19-7-5-4-6-8-19/h4-16H,1-3H3. The summed E-state index contributed by atoms with van der Waals surface area (Å²) in [5.74, 6) is 0.579. The second kappa shape index (κ2) is 6.19. The van der Waals surface area contributed by atoms with Crippen molar-refractivity contribution < 1.29 is 0 Å². The number of benzene rings is 3. The summed E-state index contributed by atoms with van der Waals surface area (Å²) in [5, 5.41) is 0. The Morgan fingerprint density at radius 2 is 1.27 bits per heavy atom. The lowest BCUT2D eigenvalue weighted by molar-refractivity contribution is 0.867. The third-order valence-electron chi connectivity index (χ3n) is 4.22. The van der Waals surface area contributed by atoms with Crippen molar-refractivity contribution in [3.05, 3.63) is 83.9 Å². The quantitative estimate of drug-likeness (QED) is 0.519. The van der Waals surface area contributed by atoms with Crippen LogP contribution in [0.2, 0.25) is 0 Å². The van der Waals surface area contributed by atoms with Gasteiger partial charge in [0.25, 0.3) is 0 Å². The van der Waals surface area contributed by atoms with E-state index in [-0.39, 0.29) is 0 Å². The third-order valence-corrected chi connectivity index (χ3v) is 4.22. The minimum absolute atomic E-state index is 0.579. The molecule has 0 amide bonds. The van der Waals surface area contributed by atoms with Gasteiger partial charge < -0.3 is 0 Å². The zero-order chi connectivity index (χ0) is 15.5. The minimum atomic E-state index is 0.579. The van der Waals surface area contributed by atoms with Gasteiger partial charge in [0, 0.05) is 0 Å². The number of hydrogen-bond acceptors (Lipinski definition) is 0. The molecule has 0 unspecified atom stereocenters. The molecule has 0 bridgehead atoms. The lowest BCUT2D eigenvalue weighted by atomic mass is 9.94. The average Bonchev–Trinajstić information content (AvgIpc) is 2.56. The molecule has 0 nitrogen and oxygen atoms in total. The van der Waals surface area contributed by atoms with Crippen molar-refractivity contribution in [2.24, 2.45) is 0 Å². The Hall–Kier alpha value is -2.34.